The first-order valence-corrected chi connectivity index (χ1v) is 5.08. The van der Waals surface area contributed by atoms with Crippen LogP contribution in [0.5, 0.6) is 0 Å². The molecule has 0 aliphatic rings. The molecule has 0 aromatic heterocycles. The van der Waals surface area contributed by atoms with Crippen molar-refractivity contribution in [3.05, 3.63) is 35.4 Å². The average molecular weight is 194 g/mol. The van der Waals surface area contributed by atoms with Crippen LogP contribution in [0, 0.1) is 0 Å². The van der Waals surface area contributed by atoms with Gasteiger partial charge in [-0.25, -0.2) is 0 Å². The lowest BCUT2D eigenvalue weighted by Gasteiger charge is -2.06. The van der Waals surface area contributed by atoms with Gasteiger partial charge in [-0.05, 0) is 31.4 Å². The van der Waals surface area contributed by atoms with Crippen molar-refractivity contribution in [1.29, 1.82) is 0 Å². The van der Waals surface area contributed by atoms with Gasteiger partial charge in [-0.1, -0.05) is 24.3 Å². The van der Waals surface area contributed by atoms with Crippen molar-refractivity contribution in [2.75, 3.05) is 13.2 Å². The maximum Gasteiger partial charge on any atom is 0.0761 e. The van der Waals surface area contributed by atoms with E-state index in [1.54, 1.807) is 6.92 Å². The number of aliphatic hydroxyl groups excluding tert-OH is 1. The lowest BCUT2D eigenvalue weighted by molar-refractivity contribution is 0.151. The molecule has 0 amide bonds. The Hall–Kier alpha value is -0.860. The molecule has 2 nitrogen and oxygen atoms in total. The van der Waals surface area contributed by atoms with Crippen LogP contribution in [-0.4, -0.2) is 18.3 Å². The molecule has 1 rings (SSSR count). The molecule has 0 saturated carbocycles. The van der Waals surface area contributed by atoms with E-state index < -0.39 is 0 Å². The van der Waals surface area contributed by atoms with Crippen molar-refractivity contribution in [2.24, 2.45) is 0 Å². The molecule has 1 aromatic carbocycles. The molecule has 0 saturated heterocycles. The number of hydrogen-bond donors (Lipinski definition) is 1. The molecule has 0 spiro atoms. The summed E-state index contributed by atoms with van der Waals surface area (Å²) in [6.45, 7) is 5.31. The van der Waals surface area contributed by atoms with Crippen molar-refractivity contribution in [3.8, 4) is 0 Å². The molecule has 1 aromatic rings. The molecule has 0 aliphatic carbocycles. The predicted octanol–water partition coefficient (Wildman–Crippen LogP) is 2.32. The van der Waals surface area contributed by atoms with Gasteiger partial charge >= 0.3 is 0 Å². The lowest BCUT2D eigenvalue weighted by atomic mass is 10.1. The van der Waals surface area contributed by atoms with E-state index in [4.69, 9.17) is 4.74 Å². The third-order valence-corrected chi connectivity index (χ3v) is 2.20. The van der Waals surface area contributed by atoms with Crippen molar-refractivity contribution in [3.63, 3.8) is 0 Å². The van der Waals surface area contributed by atoms with E-state index in [0.29, 0.717) is 0 Å². The van der Waals surface area contributed by atoms with Crippen LogP contribution in [0.3, 0.4) is 0 Å². The normalized spacial score (nSPS) is 12.8. The molecular weight excluding hydrogens is 176 g/mol. The summed E-state index contributed by atoms with van der Waals surface area (Å²) in [6.07, 6.45) is 0.560. The van der Waals surface area contributed by atoms with E-state index in [2.05, 4.69) is 0 Å². The van der Waals surface area contributed by atoms with E-state index >= 15 is 0 Å². The molecule has 2 heteroatoms. The van der Waals surface area contributed by atoms with Crippen LogP contribution in [-0.2, 0) is 11.2 Å². The fourth-order valence-electron chi connectivity index (χ4n) is 1.30. The van der Waals surface area contributed by atoms with Crippen molar-refractivity contribution < 1.29 is 9.84 Å². The Bertz CT molecular complexity index is 252. The summed E-state index contributed by atoms with van der Waals surface area (Å²) in [6, 6.07) is 8.01. The van der Waals surface area contributed by atoms with E-state index in [0.717, 1.165) is 25.2 Å². The fourth-order valence-corrected chi connectivity index (χ4v) is 1.30. The van der Waals surface area contributed by atoms with Crippen LogP contribution in [0.25, 0.3) is 0 Å². The molecule has 1 unspecified atom stereocenters. The molecule has 0 fully saturated rings. The summed E-state index contributed by atoms with van der Waals surface area (Å²) < 4.78 is 5.27. The molecular formula is C12H18O2. The highest BCUT2D eigenvalue weighted by atomic mass is 16.5. The largest absolute Gasteiger partial charge is 0.389 e. The number of aliphatic hydroxyl groups is 1. The van der Waals surface area contributed by atoms with Gasteiger partial charge in [-0.2, -0.15) is 0 Å². The molecule has 78 valence electrons. The Balaban J connectivity index is 2.47. The first-order valence-electron chi connectivity index (χ1n) is 5.08. The second kappa shape index (κ2) is 5.78. The molecule has 1 atom stereocenters. The summed E-state index contributed by atoms with van der Waals surface area (Å²) >= 11 is 0. The first-order chi connectivity index (χ1) is 6.74. The number of benzene rings is 1. The Kier molecular flexibility index (Phi) is 4.63. The Morgan fingerprint density at radius 2 is 1.93 bits per heavy atom. The second-order valence-electron chi connectivity index (χ2n) is 3.36. The minimum atomic E-state index is -0.379. The van der Waals surface area contributed by atoms with E-state index in [1.807, 2.05) is 31.2 Å². The van der Waals surface area contributed by atoms with Crippen LogP contribution in [0.15, 0.2) is 24.3 Å². The number of ether oxygens (including phenoxy) is 1. The molecule has 0 aliphatic heterocycles. The monoisotopic (exact) mass is 194 g/mol. The van der Waals surface area contributed by atoms with Gasteiger partial charge in [0.25, 0.3) is 0 Å². The molecule has 0 radical (unpaired) electrons. The number of rotatable bonds is 5. The third-order valence-electron chi connectivity index (χ3n) is 2.20. The van der Waals surface area contributed by atoms with Crippen LogP contribution >= 0.6 is 0 Å². The van der Waals surface area contributed by atoms with E-state index in [1.165, 1.54) is 5.56 Å². The lowest BCUT2D eigenvalue weighted by Crippen LogP contribution is -1.98. The topological polar surface area (TPSA) is 29.5 Å². The average Bonchev–Trinajstić information content (AvgIpc) is 2.19. The summed E-state index contributed by atoms with van der Waals surface area (Å²) in [7, 11) is 0. The minimum Gasteiger partial charge on any atom is -0.389 e. The van der Waals surface area contributed by atoms with Crippen molar-refractivity contribution in [2.45, 2.75) is 26.4 Å². The smallest absolute Gasteiger partial charge is 0.0761 e. The Morgan fingerprint density at radius 1 is 1.29 bits per heavy atom. The molecule has 1 N–H and O–H groups in total. The first kappa shape index (κ1) is 11.2. The van der Waals surface area contributed by atoms with Gasteiger partial charge in [0.15, 0.2) is 0 Å². The standard InChI is InChI=1S/C12H18O2/c1-3-14-9-8-11-4-6-12(7-5-11)10(2)13/h4-7,10,13H,3,8-9H2,1-2H3. The van der Waals surface area contributed by atoms with Gasteiger partial charge in [-0.3, -0.25) is 0 Å². The highest BCUT2D eigenvalue weighted by molar-refractivity contribution is 5.23. The Morgan fingerprint density at radius 3 is 2.43 bits per heavy atom. The minimum absolute atomic E-state index is 0.379. The maximum atomic E-state index is 9.30. The zero-order chi connectivity index (χ0) is 10.4. The summed E-state index contributed by atoms with van der Waals surface area (Å²) in [4.78, 5) is 0. The van der Waals surface area contributed by atoms with E-state index in [9.17, 15) is 5.11 Å². The fraction of sp³-hybridized carbons (Fsp3) is 0.500. The van der Waals surface area contributed by atoms with Crippen LogP contribution in [0.1, 0.15) is 31.1 Å². The number of hydrogen-bond acceptors (Lipinski definition) is 2. The quantitative estimate of drug-likeness (QED) is 0.729. The van der Waals surface area contributed by atoms with Gasteiger partial charge in [0, 0.05) is 6.61 Å². The van der Waals surface area contributed by atoms with Crippen LogP contribution in [0.2, 0.25) is 0 Å². The van der Waals surface area contributed by atoms with Crippen LogP contribution < -0.4 is 0 Å². The van der Waals surface area contributed by atoms with Gasteiger partial charge in [0.2, 0.25) is 0 Å². The summed E-state index contributed by atoms with van der Waals surface area (Å²) in [5, 5.41) is 9.30. The predicted molar refractivity (Wildman–Crippen MR) is 57.3 cm³/mol. The highest BCUT2D eigenvalue weighted by Gasteiger charge is 1.99. The van der Waals surface area contributed by atoms with Gasteiger partial charge < -0.3 is 9.84 Å². The van der Waals surface area contributed by atoms with Crippen LogP contribution in [0.4, 0.5) is 0 Å². The molecule has 14 heavy (non-hydrogen) atoms. The summed E-state index contributed by atoms with van der Waals surface area (Å²) in [5.74, 6) is 0. The van der Waals surface area contributed by atoms with Gasteiger partial charge in [-0.15, -0.1) is 0 Å². The van der Waals surface area contributed by atoms with Gasteiger partial charge in [0.05, 0.1) is 12.7 Å². The third kappa shape index (κ3) is 3.48. The Labute approximate surface area is 85.5 Å². The maximum absolute atomic E-state index is 9.30. The van der Waals surface area contributed by atoms with Gasteiger partial charge in [0.1, 0.15) is 0 Å². The zero-order valence-corrected chi connectivity index (χ0v) is 8.86. The zero-order valence-electron chi connectivity index (χ0n) is 8.86. The highest BCUT2D eigenvalue weighted by Crippen LogP contribution is 2.12. The summed E-state index contributed by atoms with van der Waals surface area (Å²) in [5.41, 5.74) is 2.22. The van der Waals surface area contributed by atoms with Crippen molar-refractivity contribution >= 4 is 0 Å². The second-order valence-corrected chi connectivity index (χ2v) is 3.36. The van der Waals surface area contributed by atoms with E-state index in [-0.39, 0.29) is 6.10 Å². The molecule has 0 bridgehead atoms. The SMILES string of the molecule is CCOCCc1ccc(C(C)O)cc1. The van der Waals surface area contributed by atoms with Crippen molar-refractivity contribution in [1.82, 2.24) is 0 Å². The molecule has 0 heterocycles.